The van der Waals surface area contributed by atoms with E-state index in [2.05, 4.69) is 0 Å². The zero-order valence-corrected chi connectivity index (χ0v) is 14.9. The molecule has 0 heterocycles. The van der Waals surface area contributed by atoms with Crippen molar-refractivity contribution in [3.8, 4) is 0 Å². The molecule has 23 heavy (non-hydrogen) atoms. The SMILES string of the molecule is N.N.N.N.N.N.N.N.O=P(O)(O)O.O=P(O)(O)O.O=P(O)(O)O. The van der Waals surface area contributed by atoms with Crippen molar-refractivity contribution in [1.82, 2.24) is 49.2 Å². The topological polar surface area (TPSA) is 513 Å². The van der Waals surface area contributed by atoms with Gasteiger partial charge in [0.1, 0.15) is 0 Å². The van der Waals surface area contributed by atoms with E-state index in [9.17, 15) is 0 Å². The van der Waals surface area contributed by atoms with E-state index in [1.165, 1.54) is 0 Å². The van der Waals surface area contributed by atoms with Crippen LogP contribution in [0.5, 0.6) is 0 Å². The van der Waals surface area contributed by atoms with E-state index in [1.54, 1.807) is 0 Å². The molecule has 0 unspecified atom stereocenters. The predicted molar refractivity (Wildman–Crippen MR) is 83.0 cm³/mol. The lowest BCUT2D eigenvalue weighted by atomic mass is 14.0. The van der Waals surface area contributed by atoms with Crippen LogP contribution in [0.3, 0.4) is 0 Å². The minimum absolute atomic E-state index is 0. The summed E-state index contributed by atoms with van der Waals surface area (Å²) in [5, 5.41) is 0. The molecule has 0 rings (SSSR count). The molecule has 0 spiro atoms. The van der Waals surface area contributed by atoms with Crippen molar-refractivity contribution in [2.45, 2.75) is 0 Å². The van der Waals surface area contributed by atoms with Gasteiger partial charge in [-0.1, -0.05) is 0 Å². The summed E-state index contributed by atoms with van der Waals surface area (Å²) in [6.07, 6.45) is 0. The van der Waals surface area contributed by atoms with Gasteiger partial charge in [-0.3, -0.25) is 0 Å². The minimum Gasteiger partial charge on any atom is -0.344 e. The standard InChI is InChI=1S/8H3N.3H3O4P/c;;;;;;;;3*1-5(2,3)4/h8*1H3;3*(H3,1,2,3,4). The first-order valence-electron chi connectivity index (χ1n) is 2.35. The maximum absolute atomic E-state index is 8.88. The van der Waals surface area contributed by atoms with Crippen LogP contribution in [0.15, 0.2) is 0 Å². The number of rotatable bonds is 0. The van der Waals surface area contributed by atoms with Crippen LogP contribution in [0.25, 0.3) is 0 Å². The van der Waals surface area contributed by atoms with E-state index in [-0.39, 0.29) is 49.2 Å². The second-order valence-electron chi connectivity index (χ2n) is 1.54. The Morgan fingerprint density at radius 1 is 0.304 bits per heavy atom. The van der Waals surface area contributed by atoms with Crippen molar-refractivity contribution >= 4 is 23.5 Å². The molecule has 0 atom stereocenters. The molecule has 33 N–H and O–H groups in total. The third-order valence-corrected chi connectivity index (χ3v) is 0. The Kier molecular flexibility index (Phi) is 101. The third-order valence-electron chi connectivity index (χ3n) is 0. The minimum atomic E-state index is -4.64. The molecular weight excluding hydrogens is 397 g/mol. The summed E-state index contributed by atoms with van der Waals surface area (Å²) in [7, 11) is -13.9. The predicted octanol–water partition coefficient (Wildman–Crippen LogP) is -1.49. The molecule has 0 aromatic heterocycles. The number of hydrogen-bond donors (Lipinski definition) is 17. The van der Waals surface area contributed by atoms with E-state index < -0.39 is 23.5 Å². The lowest BCUT2D eigenvalue weighted by Gasteiger charge is -1.82. The van der Waals surface area contributed by atoms with Crippen LogP contribution in [0.4, 0.5) is 0 Å². The molecule has 0 aliphatic rings. The third kappa shape index (κ3) is 88100000. The molecule has 0 aliphatic heterocycles. The average molecular weight is 430 g/mol. The fourth-order valence-electron chi connectivity index (χ4n) is 0. The van der Waals surface area contributed by atoms with Crippen molar-refractivity contribution in [2.24, 2.45) is 0 Å². The summed E-state index contributed by atoms with van der Waals surface area (Å²) >= 11 is 0. The average Bonchev–Trinajstić information content (AvgIpc) is 1.41. The summed E-state index contributed by atoms with van der Waals surface area (Å²) in [6.45, 7) is 0. The highest BCUT2D eigenvalue weighted by atomic mass is 31.2. The van der Waals surface area contributed by atoms with Crippen LogP contribution in [-0.4, -0.2) is 44.0 Å². The molecule has 20 nitrogen and oxygen atoms in total. The van der Waals surface area contributed by atoms with Gasteiger partial charge in [0.15, 0.2) is 0 Å². The van der Waals surface area contributed by atoms with Crippen molar-refractivity contribution in [1.29, 1.82) is 0 Å². The molecule has 0 bridgehead atoms. The van der Waals surface area contributed by atoms with Gasteiger partial charge in [-0.25, -0.2) is 13.7 Å². The fraction of sp³-hybridized carbons (Fsp3) is 0. The highest BCUT2D eigenvalue weighted by Gasteiger charge is 2.01. The van der Waals surface area contributed by atoms with Crippen molar-refractivity contribution in [3.63, 3.8) is 0 Å². The molecule has 0 amide bonds. The lowest BCUT2D eigenvalue weighted by Crippen LogP contribution is -1.66. The molecule has 0 aromatic carbocycles. The van der Waals surface area contributed by atoms with Crippen molar-refractivity contribution in [3.05, 3.63) is 0 Å². The Bertz CT molecular complexity index is 218. The van der Waals surface area contributed by atoms with Crippen molar-refractivity contribution < 1.29 is 57.7 Å². The molecule has 0 fully saturated rings. The van der Waals surface area contributed by atoms with E-state index in [1.807, 2.05) is 0 Å². The van der Waals surface area contributed by atoms with Gasteiger partial charge >= 0.3 is 23.5 Å². The van der Waals surface area contributed by atoms with Crippen LogP contribution in [-0.2, 0) is 13.7 Å². The number of hydrogen-bond acceptors (Lipinski definition) is 11. The Morgan fingerprint density at radius 2 is 0.304 bits per heavy atom. The van der Waals surface area contributed by atoms with Crippen molar-refractivity contribution in [2.75, 3.05) is 0 Å². The first kappa shape index (κ1) is 77.3. The smallest absolute Gasteiger partial charge is 0.344 e. The number of phosphoric acid groups is 3. The zero-order chi connectivity index (χ0) is 13.5. The monoisotopic (exact) mass is 430 g/mol. The second kappa shape index (κ2) is 30.0. The largest absolute Gasteiger partial charge is 0.466 e. The quantitative estimate of drug-likeness (QED) is 0.194. The Balaban J connectivity index is -0.00000000889. The highest BCUT2D eigenvalue weighted by Crippen LogP contribution is 2.26. The van der Waals surface area contributed by atoms with Gasteiger partial charge in [0, 0.05) is 0 Å². The molecule has 0 aliphatic carbocycles. The lowest BCUT2D eigenvalue weighted by molar-refractivity contribution is 0.272. The van der Waals surface area contributed by atoms with Gasteiger partial charge in [-0.05, 0) is 0 Å². The summed E-state index contributed by atoms with van der Waals surface area (Å²) in [4.78, 5) is 64.7. The maximum atomic E-state index is 8.88. The van der Waals surface area contributed by atoms with E-state index in [4.69, 9.17) is 57.7 Å². The van der Waals surface area contributed by atoms with E-state index in [0.29, 0.717) is 0 Å². The summed E-state index contributed by atoms with van der Waals surface area (Å²) in [5.74, 6) is 0. The summed E-state index contributed by atoms with van der Waals surface area (Å²) < 4.78 is 26.6. The highest BCUT2D eigenvalue weighted by molar-refractivity contribution is 7.45. The Hall–Kier alpha value is 0.01000. The van der Waals surface area contributed by atoms with Gasteiger partial charge in [0.05, 0.1) is 0 Å². The van der Waals surface area contributed by atoms with E-state index >= 15 is 0 Å². The Labute approximate surface area is 131 Å². The van der Waals surface area contributed by atoms with Gasteiger partial charge in [0.25, 0.3) is 0 Å². The van der Waals surface area contributed by atoms with Crippen LogP contribution < -0.4 is 49.2 Å². The molecular formula is H33N8O12P3. The summed E-state index contributed by atoms with van der Waals surface area (Å²) in [5.41, 5.74) is 0. The van der Waals surface area contributed by atoms with Crippen LogP contribution in [0, 0.1) is 0 Å². The van der Waals surface area contributed by atoms with Gasteiger partial charge in [-0.2, -0.15) is 0 Å². The molecule has 23 heteroatoms. The normalized spacial score (nSPS) is 7.70. The van der Waals surface area contributed by atoms with E-state index in [0.717, 1.165) is 0 Å². The maximum Gasteiger partial charge on any atom is 0.466 e. The van der Waals surface area contributed by atoms with Gasteiger partial charge in [0.2, 0.25) is 0 Å². The first-order valence-corrected chi connectivity index (χ1v) is 7.04. The molecule has 0 radical (unpaired) electrons. The molecule has 0 saturated heterocycles. The Morgan fingerprint density at radius 3 is 0.304 bits per heavy atom. The zero-order valence-electron chi connectivity index (χ0n) is 12.2. The van der Waals surface area contributed by atoms with Crippen LogP contribution in [0.1, 0.15) is 0 Å². The fourth-order valence-corrected chi connectivity index (χ4v) is 0. The second-order valence-corrected chi connectivity index (χ2v) is 4.62. The first-order chi connectivity index (χ1) is 6.00. The molecule has 0 aromatic rings. The molecule has 160 valence electrons. The van der Waals surface area contributed by atoms with Gasteiger partial charge in [-0.15, -0.1) is 0 Å². The van der Waals surface area contributed by atoms with Crippen LogP contribution >= 0.6 is 23.5 Å². The van der Waals surface area contributed by atoms with Crippen LogP contribution in [0.2, 0.25) is 0 Å². The molecule has 0 saturated carbocycles. The summed E-state index contributed by atoms with van der Waals surface area (Å²) in [6, 6.07) is 0. The van der Waals surface area contributed by atoms with Gasteiger partial charge < -0.3 is 93.2 Å².